The fourth-order valence-corrected chi connectivity index (χ4v) is 3.41. The lowest BCUT2D eigenvalue weighted by molar-refractivity contribution is -0.155. The number of nitrogens with one attached hydrogen (secondary N) is 1. The number of ether oxygens (including phenoxy) is 3. The number of benzene rings is 1. The summed E-state index contributed by atoms with van der Waals surface area (Å²) in [5.41, 5.74) is 0.309. The zero-order chi connectivity index (χ0) is 23.4. The van der Waals surface area contributed by atoms with Crippen molar-refractivity contribution in [2.45, 2.75) is 24.2 Å². The number of sulfonamides is 1. The largest absolute Gasteiger partial charge is 0.497 e. The summed E-state index contributed by atoms with van der Waals surface area (Å²) in [7, 11) is -3.57. The first-order valence-electron chi connectivity index (χ1n) is 8.13. The SMILES string of the molecule is COc1ccc(C)c(NS(=O)(=O)c2c(OCC(F)(F)F)ncnc2OCC(F)(F)F)c1. The molecule has 0 saturated carbocycles. The van der Waals surface area contributed by atoms with Crippen molar-refractivity contribution >= 4 is 15.7 Å². The molecule has 1 heterocycles. The van der Waals surface area contributed by atoms with Gasteiger partial charge in [-0.2, -0.15) is 26.3 Å². The Kier molecular flexibility index (Phi) is 7.08. The normalized spacial score (nSPS) is 12.4. The van der Waals surface area contributed by atoms with Gasteiger partial charge in [0.1, 0.15) is 12.1 Å². The first-order chi connectivity index (χ1) is 14.2. The summed E-state index contributed by atoms with van der Waals surface area (Å²) in [5.74, 6) is -2.05. The van der Waals surface area contributed by atoms with E-state index in [1.807, 2.05) is 4.72 Å². The van der Waals surface area contributed by atoms with Gasteiger partial charge >= 0.3 is 12.4 Å². The molecule has 172 valence electrons. The van der Waals surface area contributed by atoms with Crippen LogP contribution < -0.4 is 18.9 Å². The first-order valence-corrected chi connectivity index (χ1v) is 9.62. The molecule has 1 aromatic heterocycles. The predicted octanol–water partition coefficient (Wildman–Crippen LogP) is 3.48. The van der Waals surface area contributed by atoms with Crippen LogP contribution in [0.5, 0.6) is 17.5 Å². The Morgan fingerprint density at radius 2 is 1.48 bits per heavy atom. The van der Waals surface area contributed by atoms with Crippen LogP contribution in [0.25, 0.3) is 0 Å². The highest BCUT2D eigenvalue weighted by molar-refractivity contribution is 7.93. The van der Waals surface area contributed by atoms with E-state index in [2.05, 4.69) is 19.4 Å². The Bertz CT molecular complexity index is 991. The van der Waals surface area contributed by atoms with Gasteiger partial charge in [0.2, 0.25) is 16.7 Å². The maximum absolute atomic E-state index is 12.9. The van der Waals surface area contributed by atoms with E-state index in [4.69, 9.17) is 4.74 Å². The van der Waals surface area contributed by atoms with Gasteiger partial charge in [0.05, 0.1) is 12.8 Å². The molecule has 0 atom stereocenters. The van der Waals surface area contributed by atoms with E-state index in [0.29, 0.717) is 11.9 Å². The Morgan fingerprint density at radius 3 is 1.94 bits per heavy atom. The zero-order valence-electron chi connectivity index (χ0n) is 15.8. The van der Waals surface area contributed by atoms with Gasteiger partial charge in [-0.3, -0.25) is 4.72 Å². The van der Waals surface area contributed by atoms with Gasteiger partial charge in [0.15, 0.2) is 13.2 Å². The summed E-state index contributed by atoms with van der Waals surface area (Å²) >= 11 is 0. The van der Waals surface area contributed by atoms with Gasteiger partial charge in [-0.1, -0.05) is 6.07 Å². The van der Waals surface area contributed by atoms with Crippen molar-refractivity contribution in [1.29, 1.82) is 0 Å². The van der Waals surface area contributed by atoms with Crippen LogP contribution in [0.2, 0.25) is 0 Å². The Morgan fingerprint density at radius 1 is 0.968 bits per heavy atom. The lowest BCUT2D eigenvalue weighted by atomic mass is 10.2. The third-order valence-electron chi connectivity index (χ3n) is 3.44. The second kappa shape index (κ2) is 9.03. The van der Waals surface area contributed by atoms with Crippen LogP contribution in [0.15, 0.2) is 29.4 Å². The van der Waals surface area contributed by atoms with Crippen molar-refractivity contribution in [3.05, 3.63) is 30.1 Å². The molecule has 2 aromatic rings. The molecule has 0 radical (unpaired) electrons. The average molecular weight is 475 g/mol. The minimum absolute atomic E-state index is 0.0632. The third kappa shape index (κ3) is 7.04. The monoisotopic (exact) mass is 475 g/mol. The van der Waals surface area contributed by atoms with Gasteiger partial charge in [-0.15, -0.1) is 0 Å². The molecule has 0 fully saturated rings. The Balaban J connectivity index is 2.53. The zero-order valence-corrected chi connectivity index (χ0v) is 16.7. The van der Waals surface area contributed by atoms with E-state index in [9.17, 15) is 34.8 Å². The number of nitrogens with zero attached hydrogens (tertiary/aromatic N) is 2. The molecule has 1 N–H and O–H groups in total. The molecular formula is C16H15F6N3O5S. The molecule has 0 bridgehead atoms. The lowest BCUT2D eigenvalue weighted by Crippen LogP contribution is -2.24. The maximum atomic E-state index is 12.9. The fourth-order valence-electron chi connectivity index (χ4n) is 2.11. The molecule has 2 rings (SSSR count). The van der Waals surface area contributed by atoms with E-state index in [1.54, 1.807) is 0 Å². The molecule has 31 heavy (non-hydrogen) atoms. The minimum Gasteiger partial charge on any atom is -0.497 e. The molecule has 0 aliphatic rings. The van der Waals surface area contributed by atoms with Gasteiger partial charge in [0, 0.05) is 6.07 Å². The van der Waals surface area contributed by atoms with E-state index in [0.717, 1.165) is 0 Å². The number of methoxy groups -OCH3 is 1. The van der Waals surface area contributed by atoms with Crippen LogP contribution >= 0.6 is 0 Å². The third-order valence-corrected chi connectivity index (χ3v) is 4.82. The number of rotatable bonds is 8. The number of anilines is 1. The molecule has 15 heteroatoms. The summed E-state index contributed by atoms with van der Waals surface area (Å²) in [4.78, 5) is 5.39. The Hall–Kier alpha value is -2.97. The Labute approximate surface area is 172 Å². The highest BCUT2D eigenvalue weighted by Crippen LogP contribution is 2.34. The van der Waals surface area contributed by atoms with Crippen LogP contribution in [-0.4, -0.2) is 51.1 Å². The highest BCUT2D eigenvalue weighted by atomic mass is 32.2. The average Bonchev–Trinajstić information content (AvgIpc) is 2.65. The van der Waals surface area contributed by atoms with Crippen molar-refractivity contribution < 1.29 is 49.0 Å². The van der Waals surface area contributed by atoms with Gasteiger partial charge in [-0.05, 0) is 18.6 Å². The van der Waals surface area contributed by atoms with Gasteiger partial charge in [-0.25, -0.2) is 18.4 Å². The van der Waals surface area contributed by atoms with E-state index < -0.39 is 52.2 Å². The molecule has 0 spiro atoms. The van der Waals surface area contributed by atoms with Crippen molar-refractivity contribution in [3.63, 3.8) is 0 Å². The summed E-state index contributed by atoms with van der Waals surface area (Å²) in [6.45, 7) is -2.41. The smallest absolute Gasteiger partial charge is 0.422 e. The number of hydrogen-bond donors (Lipinski definition) is 1. The van der Waals surface area contributed by atoms with E-state index in [-0.39, 0.29) is 11.4 Å². The van der Waals surface area contributed by atoms with Crippen LogP contribution in [0.3, 0.4) is 0 Å². The molecule has 8 nitrogen and oxygen atoms in total. The second-order valence-electron chi connectivity index (χ2n) is 5.91. The molecule has 0 aliphatic carbocycles. The quantitative estimate of drug-likeness (QED) is 0.584. The van der Waals surface area contributed by atoms with Crippen LogP contribution in [0, 0.1) is 6.92 Å². The van der Waals surface area contributed by atoms with E-state index >= 15 is 0 Å². The summed E-state index contributed by atoms with van der Waals surface area (Å²) in [6.07, 6.45) is -9.25. The maximum Gasteiger partial charge on any atom is 0.422 e. The number of aryl methyl sites for hydroxylation is 1. The van der Waals surface area contributed by atoms with Crippen molar-refractivity contribution in [2.24, 2.45) is 0 Å². The highest BCUT2D eigenvalue weighted by Gasteiger charge is 2.35. The molecular weight excluding hydrogens is 460 g/mol. The van der Waals surface area contributed by atoms with Crippen molar-refractivity contribution in [2.75, 3.05) is 25.0 Å². The molecule has 0 aliphatic heterocycles. The topological polar surface area (TPSA) is 99.6 Å². The standard InChI is InChI=1S/C16H15F6N3O5S/c1-9-3-4-10(28-2)5-11(9)25-31(26,27)12-13(29-6-15(17,18)19)23-8-24-14(12)30-7-16(20,21)22/h3-5,8,25H,6-7H2,1-2H3. The number of halogens is 6. The van der Waals surface area contributed by atoms with Crippen molar-refractivity contribution in [3.8, 4) is 17.5 Å². The van der Waals surface area contributed by atoms with Crippen LogP contribution in [-0.2, 0) is 10.0 Å². The fraction of sp³-hybridized carbons (Fsp3) is 0.375. The second-order valence-corrected chi connectivity index (χ2v) is 7.53. The molecule has 0 unspecified atom stereocenters. The summed E-state index contributed by atoms with van der Waals surface area (Å²) in [6, 6.07) is 4.23. The van der Waals surface area contributed by atoms with Gasteiger partial charge < -0.3 is 14.2 Å². The molecule has 0 saturated heterocycles. The van der Waals surface area contributed by atoms with E-state index in [1.165, 1.54) is 32.2 Å². The van der Waals surface area contributed by atoms with Crippen LogP contribution in [0.1, 0.15) is 5.56 Å². The predicted molar refractivity (Wildman–Crippen MR) is 93.7 cm³/mol. The molecule has 0 amide bonds. The molecule has 1 aromatic carbocycles. The van der Waals surface area contributed by atoms with Crippen LogP contribution in [0.4, 0.5) is 32.0 Å². The first kappa shape index (κ1) is 24.3. The summed E-state index contributed by atoms with van der Waals surface area (Å²) in [5, 5.41) is 0. The minimum atomic E-state index is -4.88. The summed E-state index contributed by atoms with van der Waals surface area (Å²) < 4.78 is 117. The van der Waals surface area contributed by atoms with Crippen molar-refractivity contribution in [1.82, 2.24) is 9.97 Å². The number of hydrogen-bond acceptors (Lipinski definition) is 7. The lowest BCUT2D eigenvalue weighted by Gasteiger charge is -2.17. The number of aromatic nitrogens is 2. The number of alkyl halides is 6. The van der Waals surface area contributed by atoms with Gasteiger partial charge in [0.25, 0.3) is 10.0 Å².